The first-order chi connectivity index (χ1) is 13.3. The van der Waals surface area contributed by atoms with Gasteiger partial charge in [-0.3, -0.25) is 9.78 Å². The van der Waals surface area contributed by atoms with Crippen molar-refractivity contribution in [2.24, 2.45) is 5.92 Å². The second-order valence-corrected chi connectivity index (χ2v) is 6.49. The van der Waals surface area contributed by atoms with Gasteiger partial charge in [-0.25, -0.2) is 0 Å². The number of hydrogen-bond acceptors (Lipinski definition) is 4. The SMILES string of the molecule is O=C(Nc1cccc(OCc2cccnc2)c1)C1COc2ccccc2C1. The summed E-state index contributed by atoms with van der Waals surface area (Å²) in [4.78, 5) is 16.7. The number of nitrogens with zero attached hydrogens (tertiary/aromatic N) is 1. The van der Waals surface area contributed by atoms with E-state index in [0.717, 1.165) is 16.9 Å². The number of hydrogen-bond donors (Lipinski definition) is 1. The summed E-state index contributed by atoms with van der Waals surface area (Å²) in [5.41, 5.74) is 2.77. The van der Waals surface area contributed by atoms with Crippen molar-refractivity contribution in [3.8, 4) is 11.5 Å². The van der Waals surface area contributed by atoms with Gasteiger partial charge in [-0.05, 0) is 36.2 Å². The van der Waals surface area contributed by atoms with Crippen LogP contribution in [0.1, 0.15) is 11.1 Å². The van der Waals surface area contributed by atoms with Crippen molar-refractivity contribution in [2.75, 3.05) is 11.9 Å². The Morgan fingerprint density at radius 1 is 1.15 bits per heavy atom. The monoisotopic (exact) mass is 360 g/mol. The maximum absolute atomic E-state index is 12.6. The number of carbonyl (C=O) groups excluding carboxylic acids is 1. The molecule has 1 atom stereocenters. The Labute approximate surface area is 158 Å². The lowest BCUT2D eigenvalue weighted by atomic mass is 9.96. The molecule has 5 nitrogen and oxygen atoms in total. The fourth-order valence-corrected chi connectivity index (χ4v) is 3.05. The Balaban J connectivity index is 1.37. The fourth-order valence-electron chi connectivity index (χ4n) is 3.05. The van der Waals surface area contributed by atoms with Crippen molar-refractivity contribution >= 4 is 11.6 Å². The number of nitrogens with one attached hydrogen (secondary N) is 1. The minimum Gasteiger partial charge on any atom is -0.492 e. The number of carbonyl (C=O) groups is 1. The van der Waals surface area contributed by atoms with E-state index in [-0.39, 0.29) is 11.8 Å². The molecule has 1 aromatic heterocycles. The lowest BCUT2D eigenvalue weighted by molar-refractivity contribution is -0.121. The van der Waals surface area contributed by atoms with Crippen LogP contribution in [0.15, 0.2) is 73.1 Å². The zero-order chi connectivity index (χ0) is 18.5. The largest absolute Gasteiger partial charge is 0.492 e. The molecule has 4 rings (SSSR count). The van der Waals surface area contributed by atoms with E-state index >= 15 is 0 Å². The summed E-state index contributed by atoms with van der Waals surface area (Å²) in [6, 6.07) is 19.1. The van der Waals surface area contributed by atoms with Gasteiger partial charge in [0.25, 0.3) is 0 Å². The molecule has 0 spiro atoms. The van der Waals surface area contributed by atoms with Crippen LogP contribution in [-0.4, -0.2) is 17.5 Å². The van der Waals surface area contributed by atoms with Crippen LogP contribution >= 0.6 is 0 Å². The lowest BCUT2D eigenvalue weighted by Gasteiger charge is -2.24. The van der Waals surface area contributed by atoms with Crippen LogP contribution in [0.25, 0.3) is 0 Å². The van der Waals surface area contributed by atoms with Crippen LogP contribution in [0.3, 0.4) is 0 Å². The zero-order valence-corrected chi connectivity index (χ0v) is 14.8. The minimum atomic E-state index is -0.208. The minimum absolute atomic E-state index is 0.0473. The molecule has 1 unspecified atom stereocenters. The van der Waals surface area contributed by atoms with E-state index in [1.54, 1.807) is 12.4 Å². The molecule has 5 heteroatoms. The quantitative estimate of drug-likeness (QED) is 0.751. The Bertz CT molecular complexity index is 928. The number of amides is 1. The molecule has 2 heterocycles. The Morgan fingerprint density at radius 3 is 2.96 bits per heavy atom. The molecule has 0 aliphatic carbocycles. The van der Waals surface area contributed by atoms with Gasteiger partial charge < -0.3 is 14.8 Å². The van der Waals surface area contributed by atoms with Gasteiger partial charge in [-0.2, -0.15) is 0 Å². The Hall–Kier alpha value is -3.34. The van der Waals surface area contributed by atoms with Crippen molar-refractivity contribution in [3.63, 3.8) is 0 Å². The molecule has 0 radical (unpaired) electrons. The summed E-state index contributed by atoms with van der Waals surface area (Å²) in [5, 5.41) is 2.97. The number of fused-ring (bicyclic) bond motifs is 1. The summed E-state index contributed by atoms with van der Waals surface area (Å²) in [7, 11) is 0. The number of benzene rings is 2. The Morgan fingerprint density at radius 2 is 2.07 bits per heavy atom. The van der Waals surface area contributed by atoms with Gasteiger partial charge in [0.2, 0.25) is 5.91 Å². The first-order valence-corrected chi connectivity index (χ1v) is 8.91. The van der Waals surface area contributed by atoms with E-state index in [4.69, 9.17) is 9.47 Å². The van der Waals surface area contributed by atoms with Gasteiger partial charge in [0.05, 0.1) is 5.92 Å². The second-order valence-electron chi connectivity index (χ2n) is 6.49. The van der Waals surface area contributed by atoms with Gasteiger partial charge >= 0.3 is 0 Å². The van der Waals surface area contributed by atoms with E-state index in [2.05, 4.69) is 10.3 Å². The number of pyridine rings is 1. The van der Waals surface area contributed by atoms with E-state index in [0.29, 0.717) is 31.1 Å². The molecule has 1 aliphatic rings. The Kier molecular flexibility index (Phi) is 5.01. The van der Waals surface area contributed by atoms with Crippen molar-refractivity contribution in [3.05, 3.63) is 84.2 Å². The predicted molar refractivity (Wildman–Crippen MR) is 103 cm³/mol. The topological polar surface area (TPSA) is 60.5 Å². The van der Waals surface area contributed by atoms with Crippen molar-refractivity contribution in [2.45, 2.75) is 13.0 Å². The van der Waals surface area contributed by atoms with Gasteiger partial charge in [-0.15, -0.1) is 0 Å². The predicted octanol–water partition coefficient (Wildman–Crippen LogP) is 3.85. The molecule has 136 valence electrons. The van der Waals surface area contributed by atoms with Crippen LogP contribution in [0.4, 0.5) is 5.69 Å². The summed E-state index contributed by atoms with van der Waals surface area (Å²) in [6.07, 6.45) is 4.18. The molecule has 3 aromatic rings. The molecular formula is C22H20N2O3. The van der Waals surface area contributed by atoms with Gasteiger partial charge in [0.1, 0.15) is 24.7 Å². The normalized spacial score (nSPS) is 15.3. The number of aromatic nitrogens is 1. The van der Waals surface area contributed by atoms with Crippen LogP contribution < -0.4 is 14.8 Å². The third-order valence-electron chi connectivity index (χ3n) is 4.48. The van der Waals surface area contributed by atoms with Crippen molar-refractivity contribution < 1.29 is 14.3 Å². The standard InChI is InChI=1S/C22H20N2O3/c25-22(18-11-17-6-1-2-9-21(17)27-15-18)24-19-7-3-8-20(12-19)26-14-16-5-4-10-23-13-16/h1-10,12-13,18H,11,14-15H2,(H,24,25). The maximum atomic E-state index is 12.6. The smallest absolute Gasteiger partial charge is 0.231 e. The molecule has 27 heavy (non-hydrogen) atoms. The highest BCUT2D eigenvalue weighted by atomic mass is 16.5. The average Bonchev–Trinajstić information content (AvgIpc) is 2.73. The maximum Gasteiger partial charge on any atom is 0.231 e. The van der Waals surface area contributed by atoms with Gasteiger partial charge in [0.15, 0.2) is 0 Å². The number of ether oxygens (including phenoxy) is 2. The summed E-state index contributed by atoms with van der Waals surface area (Å²) >= 11 is 0. The lowest BCUT2D eigenvalue weighted by Crippen LogP contribution is -2.32. The fraction of sp³-hybridized carbons (Fsp3) is 0.182. The van der Waals surface area contributed by atoms with Crippen LogP contribution in [-0.2, 0) is 17.8 Å². The van der Waals surface area contributed by atoms with Crippen molar-refractivity contribution in [1.29, 1.82) is 0 Å². The first-order valence-electron chi connectivity index (χ1n) is 8.91. The molecule has 0 saturated heterocycles. The zero-order valence-electron chi connectivity index (χ0n) is 14.8. The molecule has 1 aliphatic heterocycles. The third kappa shape index (κ3) is 4.26. The summed E-state index contributed by atoms with van der Waals surface area (Å²) in [5.74, 6) is 1.31. The molecule has 1 N–H and O–H groups in total. The highest BCUT2D eigenvalue weighted by Gasteiger charge is 2.25. The van der Waals surface area contributed by atoms with Crippen LogP contribution in [0.2, 0.25) is 0 Å². The van der Waals surface area contributed by atoms with Gasteiger partial charge in [-0.1, -0.05) is 30.3 Å². The molecule has 0 fully saturated rings. The van der Waals surface area contributed by atoms with E-state index in [1.165, 1.54) is 0 Å². The number of rotatable bonds is 5. The number of anilines is 1. The molecule has 1 amide bonds. The highest BCUT2D eigenvalue weighted by Crippen LogP contribution is 2.28. The molecule has 0 saturated carbocycles. The van der Waals surface area contributed by atoms with Crippen LogP contribution in [0, 0.1) is 5.92 Å². The molecule has 2 aromatic carbocycles. The summed E-state index contributed by atoms with van der Waals surface area (Å²) < 4.78 is 11.5. The van der Waals surface area contributed by atoms with Gasteiger partial charge in [0, 0.05) is 29.7 Å². The van der Waals surface area contributed by atoms with E-state index in [9.17, 15) is 4.79 Å². The van der Waals surface area contributed by atoms with Crippen LogP contribution in [0.5, 0.6) is 11.5 Å². The van der Waals surface area contributed by atoms with E-state index in [1.807, 2.05) is 60.7 Å². The average molecular weight is 360 g/mol. The first kappa shape index (κ1) is 17.1. The summed E-state index contributed by atoms with van der Waals surface area (Å²) in [6.45, 7) is 0.818. The third-order valence-corrected chi connectivity index (χ3v) is 4.48. The molecular weight excluding hydrogens is 340 g/mol. The molecule has 0 bridgehead atoms. The van der Waals surface area contributed by atoms with E-state index < -0.39 is 0 Å². The second kappa shape index (κ2) is 7.91. The number of para-hydroxylation sites is 1. The highest BCUT2D eigenvalue weighted by molar-refractivity contribution is 5.93. The van der Waals surface area contributed by atoms with Crippen molar-refractivity contribution in [1.82, 2.24) is 4.98 Å².